The van der Waals surface area contributed by atoms with Crippen LogP contribution in [0.15, 0.2) is 30.5 Å². The molecule has 0 aliphatic carbocycles. The van der Waals surface area contributed by atoms with E-state index in [1.807, 2.05) is 0 Å². The van der Waals surface area contributed by atoms with E-state index in [1.54, 1.807) is 38.1 Å². The molecule has 40 heavy (non-hydrogen) atoms. The van der Waals surface area contributed by atoms with Gasteiger partial charge >= 0.3 is 7.82 Å². The second-order valence-corrected chi connectivity index (χ2v) is 10.5. The SMILES string of the molecule is COc1cc(Nc2ncc(F)c(Nc3ccc4c(n3)N(COP(=O)(O)O)C(=O)C(C)(C)C4)n2)cc(OC)c1OC. The predicted molar refractivity (Wildman–Crippen MR) is 142 cm³/mol. The number of aromatic nitrogens is 3. The fourth-order valence-corrected chi connectivity index (χ4v) is 4.37. The lowest BCUT2D eigenvalue weighted by Crippen LogP contribution is -2.47. The van der Waals surface area contributed by atoms with Gasteiger partial charge in [-0.25, -0.2) is 18.9 Å². The van der Waals surface area contributed by atoms with Gasteiger partial charge < -0.3 is 34.6 Å². The fourth-order valence-electron chi connectivity index (χ4n) is 4.10. The van der Waals surface area contributed by atoms with Crippen molar-refractivity contribution in [2.24, 2.45) is 5.41 Å². The normalized spacial score (nSPS) is 14.4. The van der Waals surface area contributed by atoms with Crippen molar-refractivity contribution in [2.75, 3.05) is 43.6 Å². The Morgan fingerprint density at radius 3 is 2.35 bits per heavy atom. The first kappa shape index (κ1) is 29.0. The van der Waals surface area contributed by atoms with Crippen LogP contribution in [0, 0.1) is 11.2 Å². The third-order valence-corrected chi connectivity index (χ3v) is 6.39. The van der Waals surface area contributed by atoms with Crippen LogP contribution in [0.2, 0.25) is 0 Å². The summed E-state index contributed by atoms with van der Waals surface area (Å²) in [5.41, 5.74) is 0.242. The first-order valence-corrected chi connectivity index (χ1v) is 13.3. The summed E-state index contributed by atoms with van der Waals surface area (Å²) in [6, 6.07) is 6.50. The predicted octanol–water partition coefficient (Wildman–Crippen LogP) is 3.51. The smallest absolute Gasteiger partial charge is 0.471 e. The molecule has 3 heterocycles. The molecule has 4 N–H and O–H groups in total. The first-order chi connectivity index (χ1) is 18.8. The van der Waals surface area contributed by atoms with Gasteiger partial charge in [-0.05, 0) is 18.1 Å². The summed E-state index contributed by atoms with van der Waals surface area (Å²) in [6.07, 6.45) is 1.28. The number of benzene rings is 1. The number of phosphoric acid groups is 1. The number of fused-ring (bicyclic) bond motifs is 1. The first-order valence-electron chi connectivity index (χ1n) is 11.7. The Morgan fingerprint density at radius 1 is 1.07 bits per heavy atom. The quantitative estimate of drug-likeness (QED) is 0.257. The molecule has 14 nitrogen and oxygen atoms in total. The van der Waals surface area contributed by atoms with Crippen molar-refractivity contribution in [1.29, 1.82) is 0 Å². The van der Waals surface area contributed by atoms with E-state index in [0.29, 0.717) is 34.9 Å². The number of hydrogen-bond donors (Lipinski definition) is 4. The highest BCUT2D eigenvalue weighted by Gasteiger charge is 2.40. The molecule has 214 valence electrons. The molecule has 1 aliphatic rings. The van der Waals surface area contributed by atoms with Crippen molar-refractivity contribution in [3.63, 3.8) is 0 Å². The molecule has 0 radical (unpaired) electrons. The van der Waals surface area contributed by atoms with Gasteiger partial charge in [0.1, 0.15) is 18.4 Å². The number of hydrogen-bond acceptors (Lipinski definition) is 11. The number of pyridine rings is 1. The van der Waals surface area contributed by atoms with Gasteiger partial charge in [-0.2, -0.15) is 4.98 Å². The minimum atomic E-state index is -4.87. The van der Waals surface area contributed by atoms with Crippen LogP contribution >= 0.6 is 7.82 Å². The van der Waals surface area contributed by atoms with Crippen molar-refractivity contribution in [1.82, 2.24) is 15.0 Å². The van der Waals surface area contributed by atoms with Crippen molar-refractivity contribution < 1.29 is 42.3 Å². The van der Waals surface area contributed by atoms with Crippen LogP contribution in [0.25, 0.3) is 0 Å². The number of ether oxygens (including phenoxy) is 3. The lowest BCUT2D eigenvalue weighted by Gasteiger charge is -2.37. The Labute approximate surface area is 228 Å². The third-order valence-electron chi connectivity index (χ3n) is 5.93. The molecule has 1 amide bonds. The molecule has 1 aliphatic heterocycles. The van der Waals surface area contributed by atoms with Crippen molar-refractivity contribution >= 4 is 42.8 Å². The molecule has 0 saturated carbocycles. The molecule has 0 spiro atoms. The number of halogens is 1. The van der Waals surface area contributed by atoms with Gasteiger partial charge in [-0.15, -0.1) is 0 Å². The number of carbonyl (C=O) groups is 1. The summed E-state index contributed by atoms with van der Waals surface area (Å²) in [6.45, 7) is 2.68. The number of amides is 1. The number of anilines is 5. The molecule has 2 aromatic heterocycles. The monoisotopic (exact) mass is 578 g/mol. The summed E-state index contributed by atoms with van der Waals surface area (Å²) >= 11 is 0. The number of carbonyl (C=O) groups excluding carboxylic acids is 1. The molecular weight excluding hydrogens is 550 g/mol. The molecule has 0 fully saturated rings. The van der Waals surface area contributed by atoms with Gasteiger partial charge in [0.2, 0.25) is 17.6 Å². The third kappa shape index (κ3) is 6.23. The summed E-state index contributed by atoms with van der Waals surface area (Å²) in [4.78, 5) is 44.9. The van der Waals surface area contributed by atoms with Crippen LogP contribution in [-0.2, 0) is 20.3 Å². The van der Waals surface area contributed by atoms with E-state index in [4.69, 9.17) is 24.0 Å². The molecule has 0 atom stereocenters. The van der Waals surface area contributed by atoms with Gasteiger partial charge in [0.05, 0.1) is 27.5 Å². The van der Waals surface area contributed by atoms with Crippen LogP contribution in [-0.4, -0.2) is 58.7 Å². The van der Waals surface area contributed by atoms with E-state index in [-0.39, 0.29) is 23.4 Å². The second-order valence-electron chi connectivity index (χ2n) is 9.28. The zero-order chi connectivity index (χ0) is 29.2. The van der Waals surface area contributed by atoms with Crippen LogP contribution in [0.4, 0.5) is 33.5 Å². The number of rotatable bonds is 10. The number of nitrogens with one attached hydrogen (secondary N) is 2. The van der Waals surface area contributed by atoms with Crippen LogP contribution in [0.5, 0.6) is 17.2 Å². The zero-order valence-corrected chi connectivity index (χ0v) is 23.2. The van der Waals surface area contributed by atoms with Gasteiger partial charge in [0, 0.05) is 23.2 Å². The number of methoxy groups -OCH3 is 3. The topological polar surface area (TPSA) is 177 Å². The second kappa shape index (κ2) is 11.2. The van der Waals surface area contributed by atoms with E-state index >= 15 is 0 Å². The fraction of sp³-hybridized carbons (Fsp3) is 0.333. The minimum absolute atomic E-state index is 0.0322. The van der Waals surface area contributed by atoms with E-state index < -0.39 is 31.7 Å². The zero-order valence-electron chi connectivity index (χ0n) is 22.3. The van der Waals surface area contributed by atoms with Crippen LogP contribution in [0.1, 0.15) is 19.4 Å². The molecule has 0 saturated heterocycles. The van der Waals surface area contributed by atoms with E-state index in [9.17, 15) is 13.8 Å². The Hall–Kier alpha value is -4.04. The van der Waals surface area contributed by atoms with Crippen LogP contribution in [0.3, 0.4) is 0 Å². The average Bonchev–Trinajstić information content (AvgIpc) is 2.89. The average molecular weight is 578 g/mol. The lowest BCUT2D eigenvalue weighted by molar-refractivity contribution is -0.127. The molecular formula is C24H28FN6O8P. The van der Waals surface area contributed by atoms with E-state index in [1.165, 1.54) is 21.3 Å². The van der Waals surface area contributed by atoms with Gasteiger partial charge in [0.25, 0.3) is 0 Å². The molecule has 0 bridgehead atoms. The Kier molecular flexibility index (Phi) is 8.12. The number of phosphoric ester groups is 1. The molecule has 3 aromatic rings. The molecule has 4 rings (SSSR count). The van der Waals surface area contributed by atoms with Crippen LogP contribution < -0.4 is 29.7 Å². The van der Waals surface area contributed by atoms with Crippen molar-refractivity contribution in [3.05, 3.63) is 41.8 Å². The van der Waals surface area contributed by atoms with Crippen molar-refractivity contribution in [3.8, 4) is 17.2 Å². The maximum Gasteiger partial charge on any atom is 0.471 e. The Balaban J connectivity index is 1.62. The maximum atomic E-state index is 14.7. The largest absolute Gasteiger partial charge is 0.493 e. The lowest BCUT2D eigenvalue weighted by atomic mass is 9.81. The van der Waals surface area contributed by atoms with Crippen molar-refractivity contribution in [2.45, 2.75) is 20.3 Å². The van der Waals surface area contributed by atoms with E-state index in [0.717, 1.165) is 11.1 Å². The van der Waals surface area contributed by atoms with Gasteiger partial charge in [0.15, 0.2) is 23.1 Å². The molecule has 0 unspecified atom stereocenters. The minimum Gasteiger partial charge on any atom is -0.493 e. The summed E-state index contributed by atoms with van der Waals surface area (Å²) in [7, 11) is -0.454. The highest BCUT2D eigenvalue weighted by Crippen LogP contribution is 2.42. The number of nitrogens with zero attached hydrogens (tertiary/aromatic N) is 4. The Morgan fingerprint density at radius 2 is 1.75 bits per heavy atom. The standard InChI is InChI=1S/C24H28FN6O8P/c1-24(2)10-13-6-7-18(29-21(13)31(22(24)32)12-39-40(33,34)35)28-20-15(25)11-26-23(30-20)27-14-8-16(36-3)19(38-5)17(9-14)37-4/h6-9,11H,10,12H2,1-5H3,(H2,33,34,35)(H2,26,27,28,29,30). The highest BCUT2D eigenvalue weighted by molar-refractivity contribution is 7.46. The molecule has 1 aromatic carbocycles. The van der Waals surface area contributed by atoms with Gasteiger partial charge in [-0.3, -0.25) is 14.2 Å². The molecule has 16 heteroatoms. The van der Waals surface area contributed by atoms with Gasteiger partial charge in [-0.1, -0.05) is 19.9 Å². The maximum absolute atomic E-state index is 14.7. The highest BCUT2D eigenvalue weighted by atomic mass is 31.2. The Bertz CT molecular complexity index is 1460. The summed E-state index contributed by atoms with van der Waals surface area (Å²) in [5.74, 6) is -0.0314. The summed E-state index contributed by atoms with van der Waals surface area (Å²) < 4.78 is 46.6. The van der Waals surface area contributed by atoms with E-state index in [2.05, 4.69) is 30.1 Å². The summed E-state index contributed by atoms with van der Waals surface area (Å²) in [5, 5.41) is 5.71.